The Labute approximate surface area is 168 Å². The topological polar surface area (TPSA) is 136 Å². The molecule has 4 aromatic rings. The number of H-pyrrole nitrogens is 1. The van der Waals surface area contributed by atoms with Gasteiger partial charge < -0.3 is 16.0 Å². The molecule has 0 aliphatic rings. The van der Waals surface area contributed by atoms with E-state index in [9.17, 15) is 14.4 Å². The minimum atomic E-state index is -0.557. The number of aryl methyl sites for hydroxylation is 1. The molecule has 0 aliphatic heterocycles. The average molecular weight is 408 g/mol. The van der Waals surface area contributed by atoms with Gasteiger partial charge in [-0.3, -0.25) is 19.0 Å². The van der Waals surface area contributed by atoms with E-state index in [2.05, 4.69) is 20.3 Å². The van der Waals surface area contributed by atoms with Crippen LogP contribution in [0.3, 0.4) is 0 Å². The van der Waals surface area contributed by atoms with Crippen LogP contribution in [0.15, 0.2) is 53.0 Å². The van der Waals surface area contributed by atoms with Crippen molar-refractivity contribution in [1.82, 2.24) is 19.5 Å². The lowest BCUT2D eigenvalue weighted by atomic mass is 10.2. The largest absolute Gasteiger partial charge is 0.364 e. The lowest BCUT2D eigenvalue weighted by Crippen LogP contribution is -2.23. The van der Waals surface area contributed by atoms with Gasteiger partial charge in [0.05, 0.1) is 22.9 Å². The number of thiazole rings is 1. The van der Waals surface area contributed by atoms with Crippen LogP contribution in [0, 0.1) is 0 Å². The summed E-state index contributed by atoms with van der Waals surface area (Å²) < 4.78 is 1.42. The zero-order valence-corrected chi connectivity index (χ0v) is 15.9. The number of aromatic nitrogens is 4. The van der Waals surface area contributed by atoms with Gasteiger partial charge in [0, 0.05) is 30.1 Å². The van der Waals surface area contributed by atoms with Gasteiger partial charge in [-0.15, -0.1) is 11.3 Å². The second kappa shape index (κ2) is 7.68. The van der Waals surface area contributed by atoms with Crippen LogP contribution in [0.25, 0.3) is 22.2 Å². The van der Waals surface area contributed by atoms with Crippen LogP contribution in [0.1, 0.15) is 16.9 Å². The second-order valence-electron chi connectivity index (χ2n) is 6.26. The van der Waals surface area contributed by atoms with Crippen molar-refractivity contribution >= 4 is 39.2 Å². The number of rotatable bonds is 6. The zero-order valence-electron chi connectivity index (χ0n) is 15.1. The monoisotopic (exact) mass is 408 g/mol. The summed E-state index contributed by atoms with van der Waals surface area (Å²) in [6, 6.07) is 8.67. The van der Waals surface area contributed by atoms with E-state index in [1.165, 1.54) is 22.2 Å². The highest BCUT2D eigenvalue weighted by Gasteiger charge is 2.12. The van der Waals surface area contributed by atoms with Gasteiger partial charge in [0.1, 0.15) is 5.69 Å². The van der Waals surface area contributed by atoms with E-state index in [4.69, 9.17) is 5.73 Å². The number of nitrogens with two attached hydrogens (primary N) is 1. The Kier molecular flexibility index (Phi) is 4.92. The molecule has 2 amide bonds. The van der Waals surface area contributed by atoms with Crippen LogP contribution in [0.5, 0.6) is 0 Å². The summed E-state index contributed by atoms with van der Waals surface area (Å²) in [6.45, 7) is 0.209. The molecule has 4 rings (SSSR count). The lowest BCUT2D eigenvalue weighted by Gasteiger charge is -2.06. The minimum absolute atomic E-state index is 0.102. The predicted octanol–water partition coefficient (Wildman–Crippen LogP) is 1.98. The number of carbonyl (C=O) groups excluding carboxylic acids is 2. The van der Waals surface area contributed by atoms with E-state index in [1.807, 2.05) is 6.07 Å². The summed E-state index contributed by atoms with van der Waals surface area (Å²) in [7, 11) is 0. The number of carbonyl (C=O) groups is 2. The summed E-state index contributed by atoms with van der Waals surface area (Å²) in [5.41, 5.74) is 7.26. The van der Waals surface area contributed by atoms with Crippen molar-refractivity contribution in [1.29, 1.82) is 0 Å². The molecule has 0 unspecified atom stereocenters. The van der Waals surface area contributed by atoms with Gasteiger partial charge in [-0.2, -0.15) is 0 Å². The molecule has 1 aromatic carbocycles. The number of nitrogens with one attached hydrogen (secondary N) is 2. The quantitative estimate of drug-likeness (QED) is 0.448. The molecule has 0 saturated heterocycles. The Morgan fingerprint density at radius 2 is 2.10 bits per heavy atom. The molecule has 3 heterocycles. The molecule has 0 atom stereocenters. The fraction of sp³-hybridized carbons (Fsp3) is 0.105. The standard InChI is InChI=1S/C19H16N6O3S/c20-17(27)14-7-11(8-21-14)15-9-29-19(23-15)24-16(26)5-6-25-10-22-13-4-2-1-3-12(13)18(25)28/h1-4,7-10,21H,5-6H2,(H2,20,27)(H,23,24,26). The maximum absolute atomic E-state index is 12.5. The van der Waals surface area contributed by atoms with Crippen molar-refractivity contribution in [2.24, 2.45) is 5.73 Å². The van der Waals surface area contributed by atoms with Gasteiger partial charge in [0.15, 0.2) is 5.13 Å². The van der Waals surface area contributed by atoms with Crippen LogP contribution < -0.4 is 16.6 Å². The fourth-order valence-electron chi connectivity index (χ4n) is 2.82. The summed E-state index contributed by atoms with van der Waals surface area (Å²) in [6.07, 6.45) is 3.17. The number of hydrogen-bond donors (Lipinski definition) is 3. The third-order valence-corrected chi connectivity index (χ3v) is 5.06. The number of hydrogen-bond acceptors (Lipinski definition) is 6. The van der Waals surface area contributed by atoms with Crippen LogP contribution in [-0.4, -0.2) is 31.3 Å². The number of para-hydroxylation sites is 1. The van der Waals surface area contributed by atoms with Crippen molar-refractivity contribution in [2.75, 3.05) is 5.32 Å². The molecule has 0 radical (unpaired) electrons. The van der Waals surface area contributed by atoms with E-state index >= 15 is 0 Å². The SMILES string of the molecule is NC(=O)c1cc(-c2csc(NC(=O)CCn3cnc4ccccc4c3=O)n2)c[nH]1. The molecular formula is C19H16N6O3S. The number of fused-ring (bicyclic) bond motifs is 1. The minimum Gasteiger partial charge on any atom is -0.364 e. The number of amides is 2. The molecule has 3 aromatic heterocycles. The van der Waals surface area contributed by atoms with Crippen molar-refractivity contribution in [3.8, 4) is 11.3 Å². The maximum atomic E-state index is 12.5. The normalized spacial score (nSPS) is 10.9. The van der Waals surface area contributed by atoms with E-state index in [-0.39, 0.29) is 30.1 Å². The molecule has 0 fully saturated rings. The van der Waals surface area contributed by atoms with E-state index < -0.39 is 5.91 Å². The highest BCUT2D eigenvalue weighted by atomic mass is 32.1. The number of nitrogens with zero attached hydrogens (tertiary/aromatic N) is 3. The first kappa shape index (κ1) is 18.6. The van der Waals surface area contributed by atoms with Gasteiger partial charge >= 0.3 is 0 Å². The number of primary amides is 1. The van der Waals surface area contributed by atoms with E-state index in [0.29, 0.717) is 27.3 Å². The average Bonchev–Trinajstić information content (AvgIpc) is 3.37. The van der Waals surface area contributed by atoms with Gasteiger partial charge in [-0.05, 0) is 18.2 Å². The Morgan fingerprint density at radius 3 is 2.90 bits per heavy atom. The molecule has 146 valence electrons. The van der Waals surface area contributed by atoms with Crippen molar-refractivity contribution < 1.29 is 9.59 Å². The third-order valence-electron chi connectivity index (χ3n) is 4.31. The Balaban J connectivity index is 1.40. The van der Waals surface area contributed by atoms with Gasteiger partial charge in [0.2, 0.25) is 5.91 Å². The van der Waals surface area contributed by atoms with Crippen molar-refractivity contribution in [3.05, 3.63) is 64.3 Å². The Bertz CT molecular complexity index is 1270. The van der Waals surface area contributed by atoms with Crippen LogP contribution in [0.2, 0.25) is 0 Å². The Morgan fingerprint density at radius 1 is 1.28 bits per heavy atom. The molecule has 0 aliphatic carbocycles. The molecule has 9 nitrogen and oxygen atoms in total. The van der Waals surface area contributed by atoms with Crippen LogP contribution in [-0.2, 0) is 11.3 Å². The van der Waals surface area contributed by atoms with Gasteiger partial charge in [0.25, 0.3) is 11.5 Å². The number of aromatic amines is 1. The first-order chi connectivity index (χ1) is 14.0. The third kappa shape index (κ3) is 3.92. The van der Waals surface area contributed by atoms with E-state index in [1.54, 1.807) is 35.8 Å². The second-order valence-corrected chi connectivity index (χ2v) is 7.12. The van der Waals surface area contributed by atoms with Crippen molar-refractivity contribution in [3.63, 3.8) is 0 Å². The number of benzene rings is 1. The summed E-state index contributed by atoms with van der Waals surface area (Å²) in [5, 5.41) is 5.43. The molecule has 0 bridgehead atoms. The molecule has 0 saturated carbocycles. The lowest BCUT2D eigenvalue weighted by molar-refractivity contribution is -0.116. The Hall–Kier alpha value is -3.79. The highest BCUT2D eigenvalue weighted by molar-refractivity contribution is 7.14. The fourth-order valence-corrected chi connectivity index (χ4v) is 3.55. The summed E-state index contributed by atoms with van der Waals surface area (Å²) in [5.74, 6) is -0.823. The van der Waals surface area contributed by atoms with Crippen LogP contribution >= 0.6 is 11.3 Å². The first-order valence-electron chi connectivity index (χ1n) is 8.69. The van der Waals surface area contributed by atoms with Gasteiger partial charge in [-0.1, -0.05) is 12.1 Å². The summed E-state index contributed by atoms with van der Waals surface area (Å²) in [4.78, 5) is 47.2. The molecule has 4 N–H and O–H groups in total. The van der Waals surface area contributed by atoms with E-state index in [0.717, 1.165) is 0 Å². The molecular weight excluding hydrogens is 392 g/mol. The maximum Gasteiger partial charge on any atom is 0.265 e. The van der Waals surface area contributed by atoms with Crippen molar-refractivity contribution in [2.45, 2.75) is 13.0 Å². The smallest absolute Gasteiger partial charge is 0.265 e. The first-order valence-corrected chi connectivity index (χ1v) is 9.57. The molecule has 0 spiro atoms. The summed E-state index contributed by atoms with van der Waals surface area (Å²) >= 11 is 1.26. The van der Waals surface area contributed by atoms with Crippen LogP contribution in [0.4, 0.5) is 5.13 Å². The predicted molar refractivity (Wildman–Crippen MR) is 110 cm³/mol. The molecule has 29 heavy (non-hydrogen) atoms. The number of anilines is 1. The van der Waals surface area contributed by atoms with Gasteiger partial charge in [-0.25, -0.2) is 9.97 Å². The highest BCUT2D eigenvalue weighted by Crippen LogP contribution is 2.25. The molecule has 10 heteroatoms. The zero-order chi connectivity index (χ0) is 20.4.